The Hall–Kier alpha value is -1.36. The molecule has 2 heterocycles. The van der Waals surface area contributed by atoms with Gasteiger partial charge in [0.25, 0.3) is 5.56 Å². The zero-order valence-corrected chi connectivity index (χ0v) is 10.7. The van der Waals surface area contributed by atoms with Crippen LogP contribution >= 0.6 is 15.9 Å². The van der Waals surface area contributed by atoms with Gasteiger partial charge >= 0.3 is 0 Å². The first kappa shape index (κ1) is 11.1. The molecule has 0 saturated carbocycles. The zero-order valence-electron chi connectivity index (χ0n) is 9.14. The molecule has 84 valence electrons. The minimum absolute atomic E-state index is 0.0265. The molecule has 0 unspecified atom stereocenters. The molecule has 0 fully saturated rings. The van der Waals surface area contributed by atoms with E-state index in [9.17, 15) is 4.79 Å². The summed E-state index contributed by atoms with van der Waals surface area (Å²) in [6.07, 6.45) is 1.77. The molecule has 5 heteroatoms. The third kappa shape index (κ3) is 2.09. The number of rotatable bonds is 2. The van der Waals surface area contributed by atoms with E-state index in [1.165, 1.54) is 0 Å². The second-order valence-corrected chi connectivity index (χ2v) is 4.54. The van der Waals surface area contributed by atoms with E-state index in [4.69, 9.17) is 0 Å². The van der Waals surface area contributed by atoms with Crippen molar-refractivity contribution in [3.8, 4) is 0 Å². The van der Waals surface area contributed by atoms with Gasteiger partial charge in [-0.2, -0.15) is 5.10 Å². The van der Waals surface area contributed by atoms with E-state index >= 15 is 0 Å². The second-order valence-electron chi connectivity index (χ2n) is 3.69. The van der Waals surface area contributed by atoms with Crippen molar-refractivity contribution in [2.45, 2.75) is 13.5 Å². The molecule has 0 spiro atoms. The molecule has 0 bridgehead atoms. The SMILES string of the molecule is Cc1cc(Cn2cccc(Br)c2=O)n(C)n1. The topological polar surface area (TPSA) is 39.8 Å². The predicted octanol–water partition coefficient (Wildman–Crippen LogP) is 1.70. The number of aryl methyl sites for hydroxylation is 2. The largest absolute Gasteiger partial charge is 0.309 e. The summed E-state index contributed by atoms with van der Waals surface area (Å²) in [5, 5.41) is 4.25. The lowest BCUT2D eigenvalue weighted by molar-refractivity contribution is 0.650. The maximum Gasteiger partial charge on any atom is 0.265 e. The minimum Gasteiger partial charge on any atom is -0.309 e. The van der Waals surface area contributed by atoms with Gasteiger partial charge < -0.3 is 4.57 Å². The highest BCUT2D eigenvalue weighted by Crippen LogP contribution is 2.05. The van der Waals surface area contributed by atoms with Gasteiger partial charge in [0.1, 0.15) is 0 Å². The molecule has 0 radical (unpaired) electrons. The first-order chi connectivity index (χ1) is 7.58. The summed E-state index contributed by atoms with van der Waals surface area (Å²) in [6.45, 7) is 2.47. The monoisotopic (exact) mass is 281 g/mol. The van der Waals surface area contributed by atoms with Crippen molar-refractivity contribution < 1.29 is 0 Å². The lowest BCUT2D eigenvalue weighted by Crippen LogP contribution is -2.21. The van der Waals surface area contributed by atoms with E-state index in [1.807, 2.05) is 26.1 Å². The molecule has 2 aromatic rings. The Labute approximate surface area is 102 Å². The number of hydrogen-bond donors (Lipinski definition) is 0. The highest BCUT2D eigenvalue weighted by atomic mass is 79.9. The summed E-state index contributed by atoms with van der Waals surface area (Å²) in [6, 6.07) is 5.56. The number of nitrogens with zero attached hydrogens (tertiary/aromatic N) is 3. The Bertz CT molecular complexity index is 571. The standard InChI is InChI=1S/C11H12BrN3O/c1-8-6-9(14(2)13-8)7-15-5-3-4-10(12)11(15)16/h3-6H,7H2,1-2H3. The number of halogens is 1. The Morgan fingerprint density at radius 2 is 2.25 bits per heavy atom. The fourth-order valence-electron chi connectivity index (χ4n) is 1.62. The molecule has 2 aromatic heterocycles. The van der Waals surface area contributed by atoms with Gasteiger partial charge in [-0.3, -0.25) is 9.48 Å². The molecule has 0 amide bonds. The minimum atomic E-state index is -0.0265. The van der Waals surface area contributed by atoms with Crippen molar-refractivity contribution in [2.24, 2.45) is 7.05 Å². The maximum absolute atomic E-state index is 11.8. The zero-order chi connectivity index (χ0) is 11.7. The molecule has 0 N–H and O–H groups in total. The predicted molar refractivity (Wildman–Crippen MR) is 65.4 cm³/mol. The van der Waals surface area contributed by atoms with Gasteiger partial charge in [-0.1, -0.05) is 0 Å². The van der Waals surface area contributed by atoms with Gasteiger partial charge in [0.15, 0.2) is 0 Å². The average molecular weight is 282 g/mol. The summed E-state index contributed by atoms with van der Waals surface area (Å²) in [5.74, 6) is 0. The van der Waals surface area contributed by atoms with Gasteiger partial charge in [-0.25, -0.2) is 0 Å². The van der Waals surface area contributed by atoms with Crippen molar-refractivity contribution in [3.63, 3.8) is 0 Å². The van der Waals surface area contributed by atoms with Crippen LogP contribution in [-0.4, -0.2) is 14.3 Å². The van der Waals surface area contributed by atoms with Crippen LogP contribution in [0.2, 0.25) is 0 Å². The van der Waals surface area contributed by atoms with Crippen LogP contribution < -0.4 is 5.56 Å². The first-order valence-corrected chi connectivity index (χ1v) is 5.71. The van der Waals surface area contributed by atoms with Gasteiger partial charge in [0, 0.05) is 13.2 Å². The molecule has 0 aromatic carbocycles. The number of hydrogen-bond acceptors (Lipinski definition) is 2. The lowest BCUT2D eigenvalue weighted by atomic mass is 10.3. The fraction of sp³-hybridized carbons (Fsp3) is 0.273. The maximum atomic E-state index is 11.8. The van der Waals surface area contributed by atoms with E-state index in [0.29, 0.717) is 11.0 Å². The molecule has 0 saturated heterocycles. The van der Waals surface area contributed by atoms with E-state index in [-0.39, 0.29) is 5.56 Å². The molecular formula is C11H12BrN3O. The van der Waals surface area contributed by atoms with Crippen LogP contribution in [0.15, 0.2) is 33.7 Å². The lowest BCUT2D eigenvalue weighted by Gasteiger charge is -2.05. The number of aromatic nitrogens is 3. The van der Waals surface area contributed by atoms with E-state index in [1.54, 1.807) is 21.5 Å². The van der Waals surface area contributed by atoms with Crippen LogP contribution in [0.1, 0.15) is 11.4 Å². The van der Waals surface area contributed by atoms with E-state index < -0.39 is 0 Å². The normalized spacial score (nSPS) is 10.7. The quantitative estimate of drug-likeness (QED) is 0.841. The molecule has 16 heavy (non-hydrogen) atoms. The second kappa shape index (κ2) is 4.25. The number of pyridine rings is 1. The van der Waals surface area contributed by atoms with Crippen LogP contribution in [0.25, 0.3) is 0 Å². The van der Waals surface area contributed by atoms with E-state index in [2.05, 4.69) is 21.0 Å². The summed E-state index contributed by atoms with van der Waals surface area (Å²) >= 11 is 3.23. The molecule has 4 nitrogen and oxygen atoms in total. The van der Waals surface area contributed by atoms with Crippen molar-refractivity contribution in [3.05, 3.63) is 50.6 Å². The van der Waals surface area contributed by atoms with Crippen LogP contribution in [-0.2, 0) is 13.6 Å². The van der Waals surface area contributed by atoms with Crippen molar-refractivity contribution in [1.29, 1.82) is 0 Å². The van der Waals surface area contributed by atoms with Gasteiger partial charge in [-0.15, -0.1) is 0 Å². The molecular weight excluding hydrogens is 270 g/mol. The molecule has 0 aliphatic carbocycles. The van der Waals surface area contributed by atoms with Crippen LogP contribution in [0.5, 0.6) is 0 Å². The molecule has 2 rings (SSSR count). The van der Waals surface area contributed by atoms with Crippen LogP contribution in [0.4, 0.5) is 0 Å². The first-order valence-electron chi connectivity index (χ1n) is 4.92. The Balaban J connectivity index is 2.38. The molecule has 0 aliphatic rings. The highest BCUT2D eigenvalue weighted by Gasteiger charge is 2.05. The third-order valence-electron chi connectivity index (χ3n) is 2.40. The molecule has 0 atom stereocenters. The summed E-state index contributed by atoms with van der Waals surface area (Å²) < 4.78 is 4.03. The van der Waals surface area contributed by atoms with Gasteiger partial charge in [-0.05, 0) is 41.1 Å². The van der Waals surface area contributed by atoms with Crippen molar-refractivity contribution in [2.75, 3.05) is 0 Å². The summed E-state index contributed by atoms with van der Waals surface area (Å²) in [7, 11) is 1.88. The highest BCUT2D eigenvalue weighted by molar-refractivity contribution is 9.10. The van der Waals surface area contributed by atoms with Gasteiger partial charge in [0.05, 0.1) is 22.4 Å². The third-order valence-corrected chi connectivity index (χ3v) is 3.01. The Morgan fingerprint density at radius 3 is 2.88 bits per heavy atom. The Kier molecular flexibility index (Phi) is 2.96. The summed E-state index contributed by atoms with van der Waals surface area (Å²) in [5.41, 5.74) is 1.94. The van der Waals surface area contributed by atoms with Crippen LogP contribution in [0.3, 0.4) is 0 Å². The van der Waals surface area contributed by atoms with Crippen LogP contribution in [0, 0.1) is 6.92 Å². The fourth-order valence-corrected chi connectivity index (χ4v) is 2.00. The van der Waals surface area contributed by atoms with Gasteiger partial charge in [0.2, 0.25) is 0 Å². The van der Waals surface area contributed by atoms with Crippen molar-refractivity contribution >= 4 is 15.9 Å². The summed E-state index contributed by atoms with van der Waals surface area (Å²) in [4.78, 5) is 11.8. The smallest absolute Gasteiger partial charge is 0.265 e. The van der Waals surface area contributed by atoms with E-state index in [0.717, 1.165) is 11.4 Å². The Morgan fingerprint density at radius 1 is 1.50 bits per heavy atom. The average Bonchev–Trinajstić information content (AvgIpc) is 2.53. The molecule has 0 aliphatic heterocycles. The van der Waals surface area contributed by atoms with Crippen molar-refractivity contribution in [1.82, 2.24) is 14.3 Å².